The van der Waals surface area contributed by atoms with Crippen LogP contribution >= 0.6 is 0 Å². The molecule has 1 amide bonds. The second-order valence-corrected chi connectivity index (χ2v) is 7.36. The third-order valence-electron chi connectivity index (χ3n) is 3.77. The van der Waals surface area contributed by atoms with Crippen molar-refractivity contribution in [3.05, 3.63) is 17.7 Å². The van der Waals surface area contributed by atoms with E-state index in [1.54, 1.807) is 6.92 Å². The van der Waals surface area contributed by atoms with Gasteiger partial charge in [-0.15, -0.1) is 0 Å². The Morgan fingerprint density at radius 1 is 1.52 bits per heavy atom. The lowest BCUT2D eigenvalue weighted by Gasteiger charge is -2.28. The molecule has 0 radical (unpaired) electrons. The molecule has 1 fully saturated rings. The van der Waals surface area contributed by atoms with Gasteiger partial charge in [-0.3, -0.25) is 4.79 Å². The molecule has 8 nitrogen and oxygen atoms in total. The minimum absolute atomic E-state index is 0.194. The Bertz CT molecular complexity index is 692. The molecule has 2 rings (SSSR count). The smallest absolute Gasteiger partial charge is 0.243 e. The fourth-order valence-corrected chi connectivity index (χ4v) is 3.27. The molecule has 0 spiro atoms. The Morgan fingerprint density at radius 3 is 2.70 bits per heavy atom. The highest BCUT2D eigenvalue weighted by Gasteiger charge is 2.28. The van der Waals surface area contributed by atoms with Crippen molar-refractivity contribution in [3.8, 4) is 0 Å². The van der Waals surface area contributed by atoms with E-state index in [9.17, 15) is 17.6 Å². The predicted molar refractivity (Wildman–Crippen MR) is 82.7 cm³/mol. The van der Waals surface area contributed by atoms with Gasteiger partial charge in [0.2, 0.25) is 21.9 Å². The summed E-state index contributed by atoms with van der Waals surface area (Å²) in [6.07, 6.45) is 4.58. The molecule has 1 aromatic rings. The van der Waals surface area contributed by atoms with Gasteiger partial charge in [0, 0.05) is 25.6 Å². The van der Waals surface area contributed by atoms with Crippen LogP contribution in [0.2, 0.25) is 0 Å². The third-order valence-corrected chi connectivity index (χ3v) is 5.08. The fraction of sp³-hybridized carbons (Fsp3) is 0.615. The molecule has 1 aliphatic heterocycles. The first kappa shape index (κ1) is 17.5. The number of carbonyl (C=O) groups is 1. The zero-order chi connectivity index (χ0) is 17.0. The molecule has 0 aromatic carbocycles. The van der Waals surface area contributed by atoms with Crippen LogP contribution in [-0.4, -0.2) is 54.0 Å². The largest absolute Gasteiger partial charge is 0.273 e. The average Bonchev–Trinajstić information content (AvgIpc) is 2.87. The normalized spacial score (nSPS) is 17.7. The molecule has 0 bridgehead atoms. The molecular weight excluding hydrogens is 325 g/mol. The summed E-state index contributed by atoms with van der Waals surface area (Å²) in [5.74, 6) is -1.10. The first-order valence-electron chi connectivity index (χ1n) is 7.32. The molecule has 23 heavy (non-hydrogen) atoms. The predicted octanol–water partition coefficient (Wildman–Crippen LogP) is 0.164. The van der Waals surface area contributed by atoms with Crippen LogP contribution in [0.15, 0.2) is 11.3 Å². The summed E-state index contributed by atoms with van der Waals surface area (Å²) >= 11 is 0. The van der Waals surface area contributed by atoms with Crippen LogP contribution in [-0.2, 0) is 21.4 Å². The highest BCUT2D eigenvalue weighted by Crippen LogP contribution is 2.19. The Labute approximate surface area is 134 Å². The topological polar surface area (TPSA) is 96.7 Å². The van der Waals surface area contributed by atoms with E-state index in [0.717, 1.165) is 6.26 Å². The van der Waals surface area contributed by atoms with Gasteiger partial charge in [0.05, 0.1) is 24.2 Å². The molecular formula is C13H20FN5O3S. The Balaban J connectivity index is 1.86. The van der Waals surface area contributed by atoms with Crippen molar-refractivity contribution in [2.45, 2.75) is 26.3 Å². The van der Waals surface area contributed by atoms with E-state index in [-0.39, 0.29) is 17.4 Å². The van der Waals surface area contributed by atoms with Crippen LogP contribution in [0.3, 0.4) is 0 Å². The van der Waals surface area contributed by atoms with Gasteiger partial charge in [-0.25, -0.2) is 22.8 Å². The number of amides is 1. The number of carbonyl (C=O) groups excluding carboxylic acids is 1. The second-order valence-electron chi connectivity index (χ2n) is 5.38. The van der Waals surface area contributed by atoms with Gasteiger partial charge >= 0.3 is 0 Å². The fourth-order valence-electron chi connectivity index (χ4n) is 2.40. The van der Waals surface area contributed by atoms with E-state index < -0.39 is 16.0 Å². The molecule has 1 aromatic heterocycles. The van der Waals surface area contributed by atoms with Gasteiger partial charge in [-0.2, -0.15) is 14.6 Å². The van der Waals surface area contributed by atoms with E-state index in [2.05, 4.69) is 15.6 Å². The number of rotatable bonds is 5. The first-order chi connectivity index (χ1) is 10.8. The van der Waals surface area contributed by atoms with E-state index in [1.165, 1.54) is 21.4 Å². The molecule has 0 aliphatic carbocycles. The van der Waals surface area contributed by atoms with Crippen LogP contribution in [0.5, 0.6) is 0 Å². The first-order valence-corrected chi connectivity index (χ1v) is 9.17. The number of hydrogen-bond acceptors (Lipinski definition) is 5. The molecule has 1 aliphatic rings. The monoisotopic (exact) mass is 345 g/mol. The molecule has 0 atom stereocenters. The second kappa shape index (κ2) is 7.18. The number of halogens is 1. The molecule has 2 heterocycles. The quantitative estimate of drug-likeness (QED) is 0.607. The standard InChI is InChI=1S/C13H20FN5O3S/c1-3-19-12(14)11(9-16-19)8-15-17-13(20)10-4-6-18(7-5-10)23(2,21)22/h8-10H,3-7H2,1-2H3,(H,17,20). The summed E-state index contributed by atoms with van der Waals surface area (Å²) in [5.41, 5.74) is 2.56. The lowest BCUT2D eigenvalue weighted by atomic mass is 9.98. The van der Waals surface area contributed by atoms with Gasteiger partial charge in [0.1, 0.15) is 0 Å². The third kappa shape index (κ3) is 4.35. The number of nitrogens with one attached hydrogen (secondary N) is 1. The Morgan fingerprint density at radius 2 is 2.17 bits per heavy atom. The minimum Gasteiger partial charge on any atom is -0.273 e. The maximum atomic E-state index is 13.7. The maximum Gasteiger partial charge on any atom is 0.243 e. The van der Waals surface area contributed by atoms with Crippen LogP contribution in [0.25, 0.3) is 0 Å². The Hall–Kier alpha value is -1.81. The van der Waals surface area contributed by atoms with E-state index in [4.69, 9.17) is 0 Å². The number of hydrogen-bond donors (Lipinski definition) is 1. The summed E-state index contributed by atoms with van der Waals surface area (Å²) in [6, 6.07) is 0. The average molecular weight is 345 g/mol. The van der Waals surface area contributed by atoms with Crippen molar-refractivity contribution < 1.29 is 17.6 Å². The summed E-state index contributed by atoms with van der Waals surface area (Å²) < 4.78 is 39.1. The van der Waals surface area contributed by atoms with Crippen LogP contribution in [0.1, 0.15) is 25.3 Å². The van der Waals surface area contributed by atoms with Gasteiger partial charge in [0.15, 0.2) is 0 Å². The van der Waals surface area contributed by atoms with Crippen molar-refractivity contribution in [2.24, 2.45) is 11.0 Å². The Kier molecular flexibility index (Phi) is 5.47. The molecule has 1 saturated heterocycles. The molecule has 0 saturated carbocycles. The maximum absolute atomic E-state index is 13.7. The number of hydrazone groups is 1. The van der Waals surface area contributed by atoms with Crippen LogP contribution in [0.4, 0.5) is 4.39 Å². The van der Waals surface area contributed by atoms with E-state index >= 15 is 0 Å². The molecule has 0 unspecified atom stereocenters. The molecule has 10 heteroatoms. The number of piperidine rings is 1. The van der Waals surface area contributed by atoms with E-state index in [0.29, 0.717) is 32.5 Å². The summed E-state index contributed by atoms with van der Waals surface area (Å²) in [7, 11) is -3.21. The summed E-state index contributed by atoms with van der Waals surface area (Å²) in [4.78, 5) is 12.0. The number of aryl methyl sites for hydroxylation is 1. The van der Waals surface area contributed by atoms with Gasteiger partial charge < -0.3 is 0 Å². The lowest BCUT2D eigenvalue weighted by Crippen LogP contribution is -2.41. The van der Waals surface area contributed by atoms with Gasteiger partial charge in [-0.1, -0.05) is 0 Å². The van der Waals surface area contributed by atoms with Crippen molar-refractivity contribution >= 4 is 22.1 Å². The van der Waals surface area contributed by atoms with Crippen molar-refractivity contribution in [1.82, 2.24) is 19.5 Å². The van der Waals surface area contributed by atoms with Crippen molar-refractivity contribution in [2.75, 3.05) is 19.3 Å². The highest BCUT2D eigenvalue weighted by atomic mass is 32.2. The summed E-state index contributed by atoms with van der Waals surface area (Å²) in [6.45, 7) is 2.81. The summed E-state index contributed by atoms with van der Waals surface area (Å²) in [5, 5.41) is 7.57. The number of nitrogens with zero attached hydrogens (tertiary/aromatic N) is 4. The highest BCUT2D eigenvalue weighted by molar-refractivity contribution is 7.88. The molecule has 1 N–H and O–H groups in total. The molecule has 128 valence electrons. The zero-order valence-electron chi connectivity index (χ0n) is 13.1. The van der Waals surface area contributed by atoms with Gasteiger partial charge in [-0.05, 0) is 19.8 Å². The van der Waals surface area contributed by atoms with Gasteiger partial charge in [0.25, 0.3) is 0 Å². The minimum atomic E-state index is -3.21. The van der Waals surface area contributed by atoms with Crippen molar-refractivity contribution in [1.29, 1.82) is 0 Å². The van der Waals surface area contributed by atoms with Crippen molar-refractivity contribution in [3.63, 3.8) is 0 Å². The zero-order valence-corrected chi connectivity index (χ0v) is 13.9. The van der Waals surface area contributed by atoms with E-state index in [1.807, 2.05) is 0 Å². The number of aromatic nitrogens is 2. The lowest BCUT2D eigenvalue weighted by molar-refractivity contribution is -0.126. The van der Waals surface area contributed by atoms with Crippen LogP contribution in [0, 0.1) is 11.9 Å². The SMILES string of the molecule is CCn1ncc(C=NNC(=O)C2CCN(S(C)(=O)=O)CC2)c1F. The number of sulfonamides is 1. The van der Waals surface area contributed by atoms with Crippen LogP contribution < -0.4 is 5.43 Å².